The number of benzene rings is 1. The van der Waals surface area contributed by atoms with Gasteiger partial charge in [-0.15, -0.1) is 10.2 Å². The van der Waals surface area contributed by atoms with Crippen molar-refractivity contribution in [1.29, 1.82) is 0 Å². The highest BCUT2D eigenvalue weighted by atomic mass is 32.2. The fraction of sp³-hybridized carbons (Fsp3) is 0.556. The Morgan fingerprint density at radius 2 is 2.04 bits per heavy atom. The van der Waals surface area contributed by atoms with Crippen LogP contribution < -0.4 is 0 Å². The number of hydrogen-bond donors (Lipinski definition) is 0. The number of sulfonamides is 1. The van der Waals surface area contributed by atoms with E-state index in [1.165, 1.54) is 17.1 Å². The van der Waals surface area contributed by atoms with Gasteiger partial charge in [-0.1, -0.05) is 43.7 Å². The maximum atomic E-state index is 12.8. The van der Waals surface area contributed by atoms with Gasteiger partial charge in [0.1, 0.15) is 6.33 Å². The van der Waals surface area contributed by atoms with Crippen molar-refractivity contribution >= 4 is 21.8 Å². The summed E-state index contributed by atoms with van der Waals surface area (Å²) in [5.74, 6) is 0.652. The third kappa shape index (κ3) is 5.31. The first-order chi connectivity index (χ1) is 13.1. The Hall–Kier alpha value is -1.42. The van der Waals surface area contributed by atoms with E-state index in [-0.39, 0.29) is 0 Å². The summed E-state index contributed by atoms with van der Waals surface area (Å²) in [6, 6.07) is 7.17. The molecule has 2 heterocycles. The molecule has 0 N–H and O–H groups in total. The molecule has 0 radical (unpaired) electrons. The minimum Gasteiger partial charge on any atom is -0.379 e. The van der Waals surface area contributed by atoms with E-state index in [0.29, 0.717) is 37.0 Å². The number of nitrogens with zero attached hydrogens (tertiary/aromatic N) is 4. The van der Waals surface area contributed by atoms with E-state index in [4.69, 9.17) is 4.74 Å². The van der Waals surface area contributed by atoms with E-state index < -0.39 is 10.0 Å². The lowest BCUT2D eigenvalue weighted by atomic mass is 10.2. The minimum absolute atomic E-state index is 0.340. The third-order valence-corrected chi connectivity index (χ3v) is 7.40. The van der Waals surface area contributed by atoms with Crippen molar-refractivity contribution in [3.05, 3.63) is 36.2 Å². The summed E-state index contributed by atoms with van der Waals surface area (Å²) in [6.45, 7) is 4.80. The summed E-state index contributed by atoms with van der Waals surface area (Å²) < 4.78 is 34.4. The molecule has 1 aliphatic heterocycles. The van der Waals surface area contributed by atoms with Gasteiger partial charge in [-0.3, -0.25) is 0 Å². The van der Waals surface area contributed by atoms with E-state index in [9.17, 15) is 8.42 Å². The molecule has 0 spiro atoms. The Balaban J connectivity index is 1.65. The van der Waals surface area contributed by atoms with Crippen LogP contribution >= 0.6 is 11.8 Å². The predicted octanol–water partition coefficient (Wildman–Crippen LogP) is 2.78. The van der Waals surface area contributed by atoms with E-state index >= 15 is 0 Å². The van der Waals surface area contributed by atoms with Crippen LogP contribution in [0.5, 0.6) is 0 Å². The number of hydrogen-bond acceptors (Lipinski definition) is 6. The molecule has 1 saturated heterocycles. The Morgan fingerprint density at radius 3 is 2.81 bits per heavy atom. The van der Waals surface area contributed by atoms with Crippen molar-refractivity contribution in [2.45, 2.75) is 48.5 Å². The van der Waals surface area contributed by atoms with Gasteiger partial charge in [0, 0.05) is 25.4 Å². The van der Waals surface area contributed by atoms with Crippen molar-refractivity contribution in [3.63, 3.8) is 0 Å². The number of aryl methyl sites for hydroxylation is 1. The molecule has 7 nitrogen and oxygen atoms in total. The van der Waals surface area contributed by atoms with Gasteiger partial charge in [0.2, 0.25) is 10.0 Å². The smallest absolute Gasteiger partial charge is 0.243 e. The second kappa shape index (κ2) is 9.68. The average Bonchev–Trinajstić information content (AvgIpc) is 3.15. The summed E-state index contributed by atoms with van der Waals surface area (Å²) in [5.41, 5.74) is 0.956. The highest BCUT2D eigenvalue weighted by Gasteiger charge is 2.26. The number of morpholine rings is 1. The second-order valence-corrected chi connectivity index (χ2v) is 9.35. The zero-order chi connectivity index (χ0) is 19.1. The number of unbranched alkanes of at least 4 members (excludes halogenated alkanes) is 2. The van der Waals surface area contributed by atoms with Gasteiger partial charge in [0.15, 0.2) is 5.16 Å². The van der Waals surface area contributed by atoms with Crippen molar-refractivity contribution in [1.82, 2.24) is 19.1 Å². The fourth-order valence-electron chi connectivity index (χ4n) is 2.92. The quantitative estimate of drug-likeness (QED) is 0.467. The Labute approximate surface area is 165 Å². The molecule has 1 aromatic carbocycles. The number of rotatable bonds is 9. The van der Waals surface area contributed by atoms with Crippen LogP contribution in [0.2, 0.25) is 0 Å². The van der Waals surface area contributed by atoms with Crippen LogP contribution in [0.3, 0.4) is 0 Å². The van der Waals surface area contributed by atoms with Crippen molar-refractivity contribution < 1.29 is 13.2 Å². The van der Waals surface area contributed by atoms with E-state index in [0.717, 1.165) is 23.7 Å². The zero-order valence-corrected chi connectivity index (χ0v) is 17.2. The summed E-state index contributed by atoms with van der Waals surface area (Å²) in [4.78, 5) is 0.340. The SMILES string of the molecule is CCCCCn1cnnc1SCc1cccc(S(=O)(=O)N2CCOCC2)c1. The number of thioether (sulfide) groups is 1. The van der Waals surface area contributed by atoms with Crippen LogP contribution in [-0.2, 0) is 27.1 Å². The molecule has 9 heteroatoms. The Morgan fingerprint density at radius 1 is 1.22 bits per heavy atom. The maximum absolute atomic E-state index is 12.8. The summed E-state index contributed by atoms with van der Waals surface area (Å²) in [7, 11) is -3.47. The molecule has 148 valence electrons. The molecule has 0 bridgehead atoms. The summed E-state index contributed by atoms with van der Waals surface area (Å²) in [6.07, 6.45) is 5.23. The highest BCUT2D eigenvalue weighted by molar-refractivity contribution is 7.98. The molecular formula is C18H26N4O3S2. The van der Waals surface area contributed by atoms with Gasteiger partial charge in [0.25, 0.3) is 0 Å². The summed E-state index contributed by atoms with van der Waals surface area (Å²) in [5, 5.41) is 9.07. The third-order valence-electron chi connectivity index (χ3n) is 4.46. The van der Waals surface area contributed by atoms with Crippen molar-refractivity contribution in [3.8, 4) is 0 Å². The average molecular weight is 411 g/mol. The van der Waals surface area contributed by atoms with Gasteiger partial charge >= 0.3 is 0 Å². The largest absolute Gasteiger partial charge is 0.379 e. The molecule has 27 heavy (non-hydrogen) atoms. The normalized spacial score (nSPS) is 15.9. The van der Waals surface area contributed by atoms with Crippen LogP contribution in [-0.4, -0.2) is 53.8 Å². The van der Waals surface area contributed by atoms with Crippen molar-refractivity contribution in [2.75, 3.05) is 26.3 Å². The van der Waals surface area contributed by atoms with Crippen LogP contribution in [0.1, 0.15) is 31.7 Å². The number of ether oxygens (including phenoxy) is 1. The molecule has 1 aliphatic rings. The van der Waals surface area contributed by atoms with Gasteiger partial charge in [0.05, 0.1) is 18.1 Å². The van der Waals surface area contributed by atoms with E-state index in [1.54, 1.807) is 36.3 Å². The summed E-state index contributed by atoms with van der Waals surface area (Å²) >= 11 is 1.58. The molecule has 0 amide bonds. The van der Waals surface area contributed by atoms with Crippen LogP contribution in [0.15, 0.2) is 40.6 Å². The predicted molar refractivity (Wildman–Crippen MR) is 105 cm³/mol. The van der Waals surface area contributed by atoms with Crippen molar-refractivity contribution in [2.24, 2.45) is 0 Å². The van der Waals surface area contributed by atoms with Gasteiger partial charge in [-0.05, 0) is 24.1 Å². The first-order valence-corrected chi connectivity index (χ1v) is 11.7. The Kier molecular flexibility index (Phi) is 7.28. The molecule has 3 rings (SSSR count). The van der Waals surface area contributed by atoms with Crippen LogP contribution in [0, 0.1) is 0 Å². The van der Waals surface area contributed by atoms with Gasteiger partial charge in [-0.25, -0.2) is 8.42 Å². The Bertz CT molecular complexity index is 833. The first kappa shape index (κ1) is 20.3. The minimum atomic E-state index is -3.47. The number of aromatic nitrogens is 3. The molecule has 0 saturated carbocycles. The molecule has 0 atom stereocenters. The van der Waals surface area contributed by atoms with Crippen LogP contribution in [0.4, 0.5) is 0 Å². The molecule has 0 unspecified atom stereocenters. The topological polar surface area (TPSA) is 77.3 Å². The highest BCUT2D eigenvalue weighted by Crippen LogP contribution is 2.24. The van der Waals surface area contributed by atoms with E-state index in [1.807, 2.05) is 6.07 Å². The van der Waals surface area contributed by atoms with Gasteiger partial charge in [-0.2, -0.15) is 4.31 Å². The van der Waals surface area contributed by atoms with E-state index in [2.05, 4.69) is 21.7 Å². The zero-order valence-electron chi connectivity index (χ0n) is 15.6. The fourth-order valence-corrected chi connectivity index (χ4v) is 5.28. The maximum Gasteiger partial charge on any atom is 0.243 e. The lowest BCUT2D eigenvalue weighted by molar-refractivity contribution is 0.0730. The standard InChI is InChI=1S/C18H26N4O3S2/c1-2-3-4-8-21-15-19-20-18(21)26-14-16-6-5-7-17(13-16)27(23,24)22-9-11-25-12-10-22/h5-7,13,15H,2-4,8-12,14H2,1H3. The molecular weight excluding hydrogens is 384 g/mol. The molecule has 2 aromatic rings. The molecule has 0 aliphatic carbocycles. The lowest BCUT2D eigenvalue weighted by Crippen LogP contribution is -2.40. The lowest BCUT2D eigenvalue weighted by Gasteiger charge is -2.26. The van der Waals surface area contributed by atoms with Crippen LogP contribution in [0.25, 0.3) is 0 Å². The first-order valence-electron chi connectivity index (χ1n) is 9.28. The second-order valence-electron chi connectivity index (χ2n) is 6.47. The monoisotopic (exact) mass is 410 g/mol. The van der Waals surface area contributed by atoms with Gasteiger partial charge < -0.3 is 9.30 Å². The molecule has 1 aromatic heterocycles. The molecule has 1 fully saturated rings.